The minimum atomic E-state index is -0.633. The third kappa shape index (κ3) is 6.78. The van der Waals surface area contributed by atoms with Crippen LogP contribution in [0.25, 0.3) is 0 Å². The van der Waals surface area contributed by atoms with Crippen LogP contribution in [0.1, 0.15) is 46.6 Å². The summed E-state index contributed by atoms with van der Waals surface area (Å²) in [7, 11) is 1.46. The van der Waals surface area contributed by atoms with E-state index in [0.717, 1.165) is 12.0 Å². The predicted octanol–water partition coefficient (Wildman–Crippen LogP) is 3.42. The molecule has 0 aliphatic heterocycles. The molecule has 1 aromatic rings. The van der Waals surface area contributed by atoms with Gasteiger partial charge in [0.1, 0.15) is 5.60 Å². The molecule has 0 fully saturated rings. The van der Waals surface area contributed by atoms with Crippen LogP contribution in [0.4, 0.5) is 10.5 Å². The van der Waals surface area contributed by atoms with Crippen LogP contribution in [-0.2, 0) is 11.2 Å². The zero-order valence-corrected chi connectivity index (χ0v) is 14.8. The van der Waals surface area contributed by atoms with Crippen molar-refractivity contribution in [1.29, 1.82) is 0 Å². The van der Waals surface area contributed by atoms with Gasteiger partial charge in [0.05, 0.1) is 12.8 Å². The van der Waals surface area contributed by atoms with Crippen LogP contribution in [0.5, 0.6) is 11.5 Å². The Morgan fingerprint density at radius 1 is 1.26 bits per heavy atom. The predicted molar refractivity (Wildman–Crippen MR) is 91.1 cm³/mol. The average molecular weight is 324 g/mol. The maximum Gasteiger partial charge on any atom is 0.412 e. The molecular weight excluding hydrogens is 296 g/mol. The SMILES string of the molecule is COc1cc(CCC(C)(C)N)cc(NC(=O)OC(C)(C)C)c1O. The summed E-state index contributed by atoms with van der Waals surface area (Å²) in [5.41, 5.74) is 6.24. The fourth-order valence-corrected chi connectivity index (χ4v) is 1.94. The van der Waals surface area contributed by atoms with Crippen molar-refractivity contribution in [3.63, 3.8) is 0 Å². The van der Waals surface area contributed by atoms with E-state index >= 15 is 0 Å². The number of phenols is 1. The van der Waals surface area contributed by atoms with Crippen LogP contribution in [-0.4, -0.2) is 29.4 Å². The third-order valence-corrected chi connectivity index (χ3v) is 3.05. The Morgan fingerprint density at radius 3 is 2.35 bits per heavy atom. The zero-order chi connectivity index (χ0) is 17.8. The maximum atomic E-state index is 11.9. The van der Waals surface area contributed by atoms with Gasteiger partial charge in [-0.25, -0.2) is 4.79 Å². The fraction of sp³-hybridized carbons (Fsp3) is 0.588. The summed E-state index contributed by atoms with van der Waals surface area (Å²) in [6.07, 6.45) is 0.821. The van der Waals surface area contributed by atoms with Crippen LogP contribution in [0, 0.1) is 0 Å². The second-order valence-electron chi connectivity index (χ2n) is 7.31. The minimum Gasteiger partial charge on any atom is -0.503 e. The van der Waals surface area contributed by atoms with Gasteiger partial charge in [0.2, 0.25) is 0 Å². The summed E-state index contributed by atoms with van der Waals surface area (Å²) in [4.78, 5) is 11.9. The van der Waals surface area contributed by atoms with Crippen molar-refractivity contribution < 1.29 is 19.4 Å². The lowest BCUT2D eigenvalue weighted by molar-refractivity contribution is 0.0635. The number of methoxy groups -OCH3 is 1. The number of rotatable bonds is 5. The summed E-state index contributed by atoms with van der Waals surface area (Å²) in [5, 5.41) is 12.7. The van der Waals surface area contributed by atoms with E-state index in [1.807, 2.05) is 13.8 Å². The Labute approximate surface area is 138 Å². The van der Waals surface area contributed by atoms with Gasteiger partial charge in [-0.3, -0.25) is 5.32 Å². The Hall–Kier alpha value is -1.95. The Morgan fingerprint density at radius 2 is 1.87 bits per heavy atom. The molecule has 0 radical (unpaired) electrons. The van der Waals surface area contributed by atoms with E-state index in [1.165, 1.54) is 7.11 Å². The van der Waals surface area contributed by atoms with Gasteiger partial charge in [0.25, 0.3) is 0 Å². The molecule has 0 aromatic heterocycles. The van der Waals surface area contributed by atoms with Crippen molar-refractivity contribution in [1.82, 2.24) is 0 Å². The van der Waals surface area contributed by atoms with Gasteiger partial charge in [0, 0.05) is 5.54 Å². The molecule has 0 saturated heterocycles. The summed E-state index contributed by atoms with van der Waals surface area (Å²) in [6, 6.07) is 3.44. The van der Waals surface area contributed by atoms with Crippen molar-refractivity contribution in [2.24, 2.45) is 5.73 Å². The molecule has 0 spiro atoms. The van der Waals surface area contributed by atoms with Gasteiger partial charge < -0.3 is 20.3 Å². The molecule has 0 heterocycles. The minimum absolute atomic E-state index is 0.130. The lowest BCUT2D eigenvalue weighted by atomic mass is 9.96. The number of phenolic OH excluding ortho intramolecular Hbond substituents is 1. The number of carbonyl (C=O) groups excluding carboxylic acids is 1. The first-order valence-electron chi connectivity index (χ1n) is 7.60. The van der Waals surface area contributed by atoms with E-state index in [4.69, 9.17) is 15.2 Å². The van der Waals surface area contributed by atoms with E-state index in [1.54, 1.807) is 32.9 Å². The Kier molecular flexibility index (Phi) is 5.88. The molecule has 1 amide bonds. The van der Waals surface area contributed by atoms with Crippen LogP contribution in [0.2, 0.25) is 0 Å². The van der Waals surface area contributed by atoms with E-state index in [-0.39, 0.29) is 17.0 Å². The molecule has 130 valence electrons. The Bertz CT molecular complexity index is 557. The van der Waals surface area contributed by atoms with Crippen LogP contribution >= 0.6 is 0 Å². The molecule has 0 saturated carbocycles. The quantitative estimate of drug-likeness (QED) is 0.722. The summed E-state index contributed by atoms with van der Waals surface area (Å²) in [6.45, 7) is 9.21. The molecule has 4 N–H and O–H groups in total. The molecule has 0 aliphatic rings. The highest BCUT2D eigenvalue weighted by molar-refractivity contribution is 5.88. The number of hydrogen-bond acceptors (Lipinski definition) is 5. The van der Waals surface area contributed by atoms with E-state index < -0.39 is 11.7 Å². The first-order chi connectivity index (χ1) is 10.4. The molecule has 0 aliphatic carbocycles. The third-order valence-electron chi connectivity index (χ3n) is 3.05. The number of hydrogen-bond donors (Lipinski definition) is 3. The summed E-state index contributed by atoms with van der Waals surface area (Å²) < 4.78 is 10.4. The van der Waals surface area contributed by atoms with Gasteiger partial charge in [-0.2, -0.15) is 0 Å². The number of ether oxygens (including phenoxy) is 2. The van der Waals surface area contributed by atoms with E-state index in [2.05, 4.69) is 5.32 Å². The topological polar surface area (TPSA) is 93.8 Å². The van der Waals surface area contributed by atoms with Crippen molar-refractivity contribution in [3.8, 4) is 11.5 Å². The second kappa shape index (κ2) is 7.08. The zero-order valence-electron chi connectivity index (χ0n) is 14.8. The molecule has 0 bridgehead atoms. The fourth-order valence-electron chi connectivity index (χ4n) is 1.94. The lowest BCUT2D eigenvalue weighted by Gasteiger charge is -2.21. The van der Waals surface area contributed by atoms with E-state index in [9.17, 15) is 9.90 Å². The Balaban J connectivity index is 2.99. The maximum absolute atomic E-state index is 11.9. The highest BCUT2D eigenvalue weighted by atomic mass is 16.6. The number of carbonyl (C=O) groups is 1. The van der Waals surface area contributed by atoms with Crippen molar-refractivity contribution in [3.05, 3.63) is 17.7 Å². The number of nitrogens with two attached hydrogens (primary N) is 1. The molecule has 6 nitrogen and oxygen atoms in total. The molecule has 1 rings (SSSR count). The highest BCUT2D eigenvalue weighted by Crippen LogP contribution is 2.36. The van der Waals surface area contributed by atoms with Crippen molar-refractivity contribution in [2.75, 3.05) is 12.4 Å². The van der Waals surface area contributed by atoms with Crippen LogP contribution in [0.15, 0.2) is 12.1 Å². The first kappa shape index (κ1) is 19.1. The standard InChI is InChI=1S/C17H28N2O4/c1-16(2,3)23-15(21)19-12-9-11(7-8-17(4,5)18)10-13(22-6)14(12)20/h9-10,20H,7-8,18H2,1-6H3,(H,19,21). The monoisotopic (exact) mass is 324 g/mol. The van der Waals surface area contributed by atoms with Crippen LogP contribution < -0.4 is 15.8 Å². The van der Waals surface area contributed by atoms with Crippen molar-refractivity contribution in [2.45, 2.75) is 58.6 Å². The smallest absolute Gasteiger partial charge is 0.412 e. The molecule has 1 aromatic carbocycles. The largest absolute Gasteiger partial charge is 0.503 e. The number of aryl methyl sites for hydroxylation is 1. The van der Waals surface area contributed by atoms with Gasteiger partial charge in [-0.05, 0) is 65.2 Å². The van der Waals surface area contributed by atoms with Gasteiger partial charge in [-0.15, -0.1) is 0 Å². The van der Waals surface area contributed by atoms with Gasteiger partial charge in [-0.1, -0.05) is 0 Å². The molecular formula is C17H28N2O4. The molecule has 6 heteroatoms. The normalized spacial score (nSPS) is 12.0. The van der Waals surface area contributed by atoms with E-state index in [0.29, 0.717) is 12.2 Å². The summed E-state index contributed by atoms with van der Waals surface area (Å²) in [5.74, 6) is 0.164. The average Bonchev–Trinajstić information content (AvgIpc) is 2.36. The number of anilines is 1. The summed E-state index contributed by atoms with van der Waals surface area (Å²) >= 11 is 0. The van der Waals surface area contributed by atoms with Crippen LogP contribution in [0.3, 0.4) is 0 Å². The molecule has 0 atom stereocenters. The van der Waals surface area contributed by atoms with Gasteiger partial charge >= 0.3 is 6.09 Å². The van der Waals surface area contributed by atoms with Gasteiger partial charge in [0.15, 0.2) is 11.5 Å². The lowest BCUT2D eigenvalue weighted by Crippen LogP contribution is -2.32. The number of aromatic hydroxyl groups is 1. The number of amides is 1. The highest BCUT2D eigenvalue weighted by Gasteiger charge is 2.19. The van der Waals surface area contributed by atoms with Crippen molar-refractivity contribution >= 4 is 11.8 Å². The number of benzene rings is 1. The second-order valence-corrected chi connectivity index (χ2v) is 7.31. The molecule has 23 heavy (non-hydrogen) atoms. The number of nitrogens with one attached hydrogen (secondary N) is 1. The molecule has 0 unspecified atom stereocenters. The first-order valence-corrected chi connectivity index (χ1v) is 7.60.